The van der Waals surface area contributed by atoms with E-state index < -0.39 is 18.0 Å². The van der Waals surface area contributed by atoms with Crippen LogP contribution in [0, 0.1) is 0 Å². The van der Waals surface area contributed by atoms with Crippen LogP contribution >= 0.6 is 0 Å². The molecule has 8 heteroatoms. The number of rotatable bonds is 9. The lowest BCUT2D eigenvalue weighted by molar-refractivity contribution is -0.143. The Morgan fingerprint density at radius 2 is 1.25 bits per heavy atom. The Balaban J connectivity index is -0.000000278. The van der Waals surface area contributed by atoms with E-state index in [1.807, 2.05) is 27.7 Å². The van der Waals surface area contributed by atoms with Crippen LogP contribution in [-0.2, 0) is 19.1 Å². The fourth-order valence-corrected chi connectivity index (χ4v) is 1.11. The largest absolute Gasteiger partial charge is 0.481 e. The standard InChI is InChI=1S/C6H14O3.C6H14O.C4H6O4/c1-5(8)4-9-6(2)3-7;1-5(2)7-6(3)4;5-3(6)1-2-4(7)8/h5-8H,3-4H2,1-2H3;5-6H,1-4H3;1-2H2,(H,5,6)(H,7,8). The van der Waals surface area contributed by atoms with E-state index in [0.717, 1.165) is 0 Å². The molecule has 24 heavy (non-hydrogen) atoms. The predicted molar refractivity (Wildman–Crippen MR) is 90.0 cm³/mol. The van der Waals surface area contributed by atoms with Crippen molar-refractivity contribution in [3.05, 3.63) is 0 Å². The number of carboxylic acid groups (broad SMARTS) is 2. The number of aliphatic hydroxyl groups is 2. The first kappa shape index (κ1) is 27.6. The van der Waals surface area contributed by atoms with Gasteiger partial charge in [0.25, 0.3) is 0 Å². The van der Waals surface area contributed by atoms with Crippen molar-refractivity contribution in [3.8, 4) is 0 Å². The van der Waals surface area contributed by atoms with E-state index in [0.29, 0.717) is 18.8 Å². The first-order valence-corrected chi connectivity index (χ1v) is 7.91. The Morgan fingerprint density at radius 1 is 0.875 bits per heavy atom. The van der Waals surface area contributed by atoms with Crippen molar-refractivity contribution in [2.45, 2.75) is 78.8 Å². The van der Waals surface area contributed by atoms with Gasteiger partial charge in [-0.3, -0.25) is 9.59 Å². The maximum absolute atomic E-state index is 9.64. The summed E-state index contributed by atoms with van der Waals surface area (Å²) >= 11 is 0. The minimum atomic E-state index is -1.08. The van der Waals surface area contributed by atoms with Crippen molar-refractivity contribution in [3.63, 3.8) is 0 Å². The number of hydrogen-bond donors (Lipinski definition) is 4. The summed E-state index contributed by atoms with van der Waals surface area (Å²) in [5.41, 5.74) is 0. The van der Waals surface area contributed by atoms with Gasteiger partial charge in [0.2, 0.25) is 0 Å². The molecule has 0 aromatic rings. The Bertz CT molecular complexity index is 282. The number of ether oxygens (including phenoxy) is 2. The summed E-state index contributed by atoms with van der Waals surface area (Å²) in [5, 5.41) is 32.9. The molecule has 0 radical (unpaired) electrons. The smallest absolute Gasteiger partial charge is 0.303 e. The number of carboxylic acids is 2. The molecule has 2 unspecified atom stereocenters. The van der Waals surface area contributed by atoms with Crippen molar-refractivity contribution in [1.29, 1.82) is 0 Å². The topological polar surface area (TPSA) is 134 Å². The molecule has 0 saturated heterocycles. The van der Waals surface area contributed by atoms with Crippen LogP contribution in [0.4, 0.5) is 0 Å². The summed E-state index contributed by atoms with van der Waals surface area (Å²) < 4.78 is 10.2. The molecular formula is C16H34O8. The van der Waals surface area contributed by atoms with Crippen LogP contribution in [0.25, 0.3) is 0 Å². The predicted octanol–water partition coefficient (Wildman–Crippen LogP) is 1.52. The molecule has 0 rings (SSSR count). The van der Waals surface area contributed by atoms with Gasteiger partial charge >= 0.3 is 11.9 Å². The van der Waals surface area contributed by atoms with Crippen LogP contribution in [0.3, 0.4) is 0 Å². The quantitative estimate of drug-likeness (QED) is 0.490. The zero-order valence-electron chi connectivity index (χ0n) is 15.6. The second-order valence-electron chi connectivity index (χ2n) is 5.70. The molecule has 0 aromatic heterocycles. The first-order valence-electron chi connectivity index (χ1n) is 7.91. The average Bonchev–Trinajstić information content (AvgIpc) is 2.42. The molecule has 0 aliphatic carbocycles. The molecule has 0 amide bonds. The third kappa shape index (κ3) is 37.2. The summed E-state index contributed by atoms with van der Waals surface area (Å²) in [6.45, 7) is 11.9. The van der Waals surface area contributed by atoms with Gasteiger partial charge in [-0.2, -0.15) is 0 Å². The summed E-state index contributed by atoms with van der Waals surface area (Å²) in [7, 11) is 0. The lowest BCUT2D eigenvalue weighted by Gasteiger charge is -2.10. The van der Waals surface area contributed by atoms with Crippen LogP contribution in [0.15, 0.2) is 0 Å². The van der Waals surface area contributed by atoms with E-state index in [2.05, 4.69) is 0 Å². The zero-order chi connectivity index (χ0) is 19.7. The SMILES string of the molecule is CC(C)OC(C)C.CC(O)COC(C)CO.O=C(O)CCC(=O)O. The van der Waals surface area contributed by atoms with Gasteiger partial charge in [0.1, 0.15) is 0 Å². The van der Waals surface area contributed by atoms with Crippen LogP contribution in [0.5, 0.6) is 0 Å². The Morgan fingerprint density at radius 3 is 1.42 bits per heavy atom. The molecule has 0 aromatic carbocycles. The highest BCUT2D eigenvalue weighted by molar-refractivity contribution is 5.75. The molecule has 0 spiro atoms. The van der Waals surface area contributed by atoms with Gasteiger partial charge in [-0.05, 0) is 41.5 Å². The van der Waals surface area contributed by atoms with Crippen LogP contribution in [-0.4, -0.2) is 70.0 Å². The summed E-state index contributed by atoms with van der Waals surface area (Å²) in [6, 6.07) is 0. The summed E-state index contributed by atoms with van der Waals surface area (Å²) in [6.07, 6.45) is -0.455. The zero-order valence-corrected chi connectivity index (χ0v) is 15.6. The second-order valence-corrected chi connectivity index (χ2v) is 5.70. The van der Waals surface area contributed by atoms with E-state index in [1.54, 1.807) is 13.8 Å². The third-order valence-corrected chi connectivity index (χ3v) is 1.98. The van der Waals surface area contributed by atoms with Gasteiger partial charge in [-0.1, -0.05) is 0 Å². The highest BCUT2D eigenvalue weighted by Gasteiger charge is 2.01. The Kier molecular flexibility index (Phi) is 20.9. The van der Waals surface area contributed by atoms with E-state index in [4.69, 9.17) is 29.9 Å². The third-order valence-electron chi connectivity index (χ3n) is 1.98. The first-order chi connectivity index (χ1) is 10.9. The Labute approximate surface area is 144 Å². The summed E-state index contributed by atoms with van der Waals surface area (Å²) in [4.78, 5) is 19.3. The molecule has 146 valence electrons. The van der Waals surface area contributed by atoms with E-state index in [-0.39, 0.29) is 25.6 Å². The van der Waals surface area contributed by atoms with E-state index >= 15 is 0 Å². The van der Waals surface area contributed by atoms with Crippen LogP contribution < -0.4 is 0 Å². The molecule has 2 atom stereocenters. The number of carbonyl (C=O) groups is 2. The van der Waals surface area contributed by atoms with Crippen molar-refractivity contribution < 1.29 is 39.5 Å². The Hall–Kier alpha value is -1.22. The van der Waals surface area contributed by atoms with E-state index in [9.17, 15) is 9.59 Å². The molecule has 0 aliphatic rings. The van der Waals surface area contributed by atoms with E-state index in [1.165, 1.54) is 0 Å². The number of aliphatic carboxylic acids is 2. The monoisotopic (exact) mass is 354 g/mol. The fourth-order valence-electron chi connectivity index (χ4n) is 1.11. The van der Waals surface area contributed by atoms with Gasteiger partial charge < -0.3 is 29.9 Å². The maximum atomic E-state index is 9.64. The number of hydrogen-bond acceptors (Lipinski definition) is 6. The maximum Gasteiger partial charge on any atom is 0.303 e. The van der Waals surface area contributed by atoms with Gasteiger partial charge in [0, 0.05) is 0 Å². The lowest BCUT2D eigenvalue weighted by atomic mass is 10.3. The molecule has 4 N–H and O–H groups in total. The molecule has 0 saturated carbocycles. The number of aliphatic hydroxyl groups excluding tert-OH is 2. The van der Waals surface area contributed by atoms with Gasteiger partial charge in [-0.15, -0.1) is 0 Å². The second kappa shape index (κ2) is 18.1. The molecule has 0 fully saturated rings. The minimum absolute atomic E-state index is 0.00667. The van der Waals surface area contributed by atoms with Gasteiger partial charge in [0.05, 0.1) is 50.5 Å². The van der Waals surface area contributed by atoms with Gasteiger partial charge in [-0.25, -0.2) is 0 Å². The van der Waals surface area contributed by atoms with Crippen LogP contribution in [0.1, 0.15) is 54.4 Å². The fraction of sp³-hybridized carbons (Fsp3) is 0.875. The molecule has 8 nitrogen and oxygen atoms in total. The molecule has 0 aliphatic heterocycles. The average molecular weight is 354 g/mol. The van der Waals surface area contributed by atoms with Crippen LogP contribution in [0.2, 0.25) is 0 Å². The molecule has 0 heterocycles. The van der Waals surface area contributed by atoms with Crippen molar-refractivity contribution in [2.75, 3.05) is 13.2 Å². The molecular weight excluding hydrogens is 320 g/mol. The minimum Gasteiger partial charge on any atom is -0.481 e. The van der Waals surface area contributed by atoms with Gasteiger partial charge in [0.15, 0.2) is 0 Å². The van der Waals surface area contributed by atoms with Crippen molar-refractivity contribution in [2.24, 2.45) is 0 Å². The normalized spacial score (nSPS) is 12.6. The summed E-state index contributed by atoms with van der Waals surface area (Å²) in [5.74, 6) is -2.15. The van der Waals surface area contributed by atoms with Crippen molar-refractivity contribution in [1.82, 2.24) is 0 Å². The van der Waals surface area contributed by atoms with Crippen molar-refractivity contribution >= 4 is 11.9 Å². The highest BCUT2D eigenvalue weighted by Crippen LogP contribution is 1.93. The lowest BCUT2D eigenvalue weighted by Crippen LogP contribution is -2.19. The molecule has 0 bridgehead atoms. The highest BCUT2D eigenvalue weighted by atomic mass is 16.5.